The predicted octanol–water partition coefficient (Wildman–Crippen LogP) is 4.14. The number of benzene rings is 1. The molecule has 2 aromatic heterocycles. The van der Waals surface area contributed by atoms with E-state index in [2.05, 4.69) is 15.4 Å². The van der Waals surface area contributed by atoms with E-state index in [1.807, 2.05) is 12.1 Å². The van der Waals surface area contributed by atoms with Crippen molar-refractivity contribution in [3.63, 3.8) is 0 Å². The lowest BCUT2D eigenvalue weighted by atomic mass is 9.96. The van der Waals surface area contributed by atoms with Gasteiger partial charge in [0, 0.05) is 37.4 Å². The molecule has 1 aliphatic heterocycles. The zero-order valence-corrected chi connectivity index (χ0v) is 16.0. The molecule has 6 nitrogen and oxygen atoms in total. The molecule has 1 fully saturated rings. The molecule has 3 aromatic rings. The number of carbonyl (C=O) groups is 1. The van der Waals surface area contributed by atoms with Crippen molar-refractivity contribution in [2.24, 2.45) is 5.92 Å². The molecule has 3 heterocycles. The highest BCUT2D eigenvalue weighted by Crippen LogP contribution is 2.36. The van der Waals surface area contributed by atoms with Crippen LogP contribution < -0.4 is 10.2 Å². The maximum atomic E-state index is 13.3. The average molecular weight is 415 g/mol. The van der Waals surface area contributed by atoms with E-state index < -0.39 is 17.7 Å². The number of halogens is 3. The zero-order valence-electron chi connectivity index (χ0n) is 16.0. The van der Waals surface area contributed by atoms with E-state index >= 15 is 0 Å². The Hall–Kier alpha value is -3.36. The fourth-order valence-corrected chi connectivity index (χ4v) is 3.65. The normalized spacial score (nSPS) is 17.0. The third-order valence-corrected chi connectivity index (χ3v) is 5.07. The van der Waals surface area contributed by atoms with Crippen LogP contribution in [0.3, 0.4) is 0 Å². The van der Waals surface area contributed by atoms with E-state index in [1.54, 1.807) is 40.2 Å². The molecule has 30 heavy (non-hydrogen) atoms. The van der Waals surface area contributed by atoms with Crippen LogP contribution in [0.1, 0.15) is 18.4 Å². The summed E-state index contributed by atoms with van der Waals surface area (Å²) in [6.45, 7) is 0.615. The zero-order chi connectivity index (χ0) is 21.1. The standard InChI is InChI=1S/C21H20F3N5O/c22-21(23,24)18-8-2-9-25-19(18)28-11-3-5-15(14-28)20(30)27-16-6-1-7-17(13-16)29-12-4-10-26-29/h1-2,4,6-10,12-13,15H,3,5,11,14H2,(H,27,30)/t15-/m0/s1. The molecule has 0 aliphatic carbocycles. The molecule has 4 rings (SSSR count). The molecule has 9 heteroatoms. The van der Waals surface area contributed by atoms with Crippen LogP contribution in [0.2, 0.25) is 0 Å². The smallest absolute Gasteiger partial charge is 0.355 e. The summed E-state index contributed by atoms with van der Waals surface area (Å²) in [5, 5.41) is 7.05. The lowest BCUT2D eigenvalue weighted by Crippen LogP contribution is -2.42. The number of aromatic nitrogens is 3. The van der Waals surface area contributed by atoms with Crippen LogP contribution >= 0.6 is 0 Å². The van der Waals surface area contributed by atoms with Gasteiger partial charge < -0.3 is 10.2 Å². The van der Waals surface area contributed by atoms with Gasteiger partial charge in [0.2, 0.25) is 5.91 Å². The number of piperidine rings is 1. The van der Waals surface area contributed by atoms with E-state index in [4.69, 9.17) is 0 Å². The molecule has 0 saturated carbocycles. The average Bonchev–Trinajstić information content (AvgIpc) is 3.28. The first-order valence-corrected chi connectivity index (χ1v) is 9.60. The number of carbonyl (C=O) groups excluding carboxylic acids is 1. The summed E-state index contributed by atoms with van der Waals surface area (Å²) < 4.78 is 41.7. The molecule has 156 valence electrons. The SMILES string of the molecule is O=C(Nc1cccc(-n2cccn2)c1)[C@H]1CCCN(c2ncccc2C(F)(F)F)C1. The van der Waals surface area contributed by atoms with Crippen LogP contribution in [-0.2, 0) is 11.0 Å². The monoisotopic (exact) mass is 415 g/mol. The van der Waals surface area contributed by atoms with Gasteiger partial charge in [-0.2, -0.15) is 18.3 Å². The van der Waals surface area contributed by atoms with Gasteiger partial charge in [-0.3, -0.25) is 4.79 Å². The molecule has 1 amide bonds. The Morgan fingerprint density at radius 3 is 2.77 bits per heavy atom. The fraction of sp³-hybridized carbons (Fsp3) is 0.286. The summed E-state index contributed by atoms with van der Waals surface area (Å²) in [5.41, 5.74) is 0.628. The summed E-state index contributed by atoms with van der Waals surface area (Å²) in [6.07, 6.45) is 1.52. The summed E-state index contributed by atoms with van der Waals surface area (Å²) >= 11 is 0. The van der Waals surface area contributed by atoms with Crippen molar-refractivity contribution in [1.82, 2.24) is 14.8 Å². The van der Waals surface area contributed by atoms with Crippen LogP contribution in [0.15, 0.2) is 61.1 Å². The third kappa shape index (κ3) is 4.29. The molecule has 0 radical (unpaired) electrons. The van der Waals surface area contributed by atoms with E-state index in [9.17, 15) is 18.0 Å². The highest BCUT2D eigenvalue weighted by atomic mass is 19.4. The molecule has 1 aromatic carbocycles. The first-order valence-electron chi connectivity index (χ1n) is 9.60. The Labute approximate surface area is 171 Å². The van der Waals surface area contributed by atoms with Gasteiger partial charge >= 0.3 is 6.18 Å². The van der Waals surface area contributed by atoms with Gasteiger partial charge in [0.15, 0.2) is 0 Å². The van der Waals surface area contributed by atoms with Crippen molar-refractivity contribution < 1.29 is 18.0 Å². The van der Waals surface area contributed by atoms with Crippen LogP contribution in [0.5, 0.6) is 0 Å². The summed E-state index contributed by atoms with van der Waals surface area (Å²) in [7, 11) is 0. The van der Waals surface area contributed by atoms with E-state index in [1.165, 1.54) is 12.3 Å². The molecular weight excluding hydrogens is 395 g/mol. The van der Waals surface area contributed by atoms with Crippen molar-refractivity contribution in [3.8, 4) is 5.69 Å². The van der Waals surface area contributed by atoms with Crippen molar-refractivity contribution in [1.29, 1.82) is 0 Å². The van der Waals surface area contributed by atoms with E-state index in [0.717, 1.165) is 11.8 Å². The number of amides is 1. The summed E-state index contributed by atoms with van der Waals surface area (Å²) in [6, 6.07) is 11.3. The minimum atomic E-state index is -4.49. The third-order valence-electron chi connectivity index (χ3n) is 5.07. The Balaban J connectivity index is 1.48. The lowest BCUT2D eigenvalue weighted by molar-refractivity contribution is -0.137. The Morgan fingerprint density at radius 2 is 2.00 bits per heavy atom. The molecule has 0 bridgehead atoms. The molecule has 1 aliphatic rings. The first-order chi connectivity index (χ1) is 14.4. The molecular formula is C21H20F3N5O. The number of nitrogens with one attached hydrogen (secondary N) is 1. The number of anilines is 2. The summed E-state index contributed by atoms with van der Waals surface area (Å²) in [4.78, 5) is 18.3. The molecule has 0 unspecified atom stereocenters. The van der Waals surface area contributed by atoms with Crippen molar-refractivity contribution in [2.45, 2.75) is 19.0 Å². The highest BCUT2D eigenvalue weighted by molar-refractivity contribution is 5.93. The molecule has 0 spiro atoms. The number of hydrogen-bond donors (Lipinski definition) is 1. The van der Waals surface area contributed by atoms with Crippen LogP contribution in [0.25, 0.3) is 5.69 Å². The van der Waals surface area contributed by atoms with Crippen molar-refractivity contribution in [2.75, 3.05) is 23.3 Å². The van der Waals surface area contributed by atoms with E-state index in [0.29, 0.717) is 25.1 Å². The Bertz CT molecular complexity index is 1020. The number of alkyl halides is 3. The van der Waals surface area contributed by atoms with Gasteiger partial charge in [-0.15, -0.1) is 0 Å². The quantitative estimate of drug-likeness (QED) is 0.696. The van der Waals surface area contributed by atoms with E-state index in [-0.39, 0.29) is 18.3 Å². The Morgan fingerprint density at radius 1 is 1.13 bits per heavy atom. The lowest BCUT2D eigenvalue weighted by Gasteiger charge is -2.34. The maximum absolute atomic E-state index is 13.3. The second kappa shape index (κ2) is 8.17. The van der Waals surface area contributed by atoms with Crippen molar-refractivity contribution in [3.05, 3.63) is 66.6 Å². The molecule has 1 saturated heterocycles. The van der Waals surface area contributed by atoms with Gasteiger partial charge in [-0.25, -0.2) is 9.67 Å². The first kappa shape index (κ1) is 19.9. The highest BCUT2D eigenvalue weighted by Gasteiger charge is 2.37. The van der Waals surface area contributed by atoms with Crippen LogP contribution in [0, 0.1) is 5.92 Å². The fourth-order valence-electron chi connectivity index (χ4n) is 3.65. The van der Waals surface area contributed by atoms with Crippen LogP contribution in [-0.4, -0.2) is 33.8 Å². The van der Waals surface area contributed by atoms with Gasteiger partial charge in [0.25, 0.3) is 0 Å². The predicted molar refractivity (Wildman–Crippen MR) is 106 cm³/mol. The summed E-state index contributed by atoms with van der Waals surface area (Å²) in [5.74, 6) is -0.778. The number of pyridine rings is 1. The largest absolute Gasteiger partial charge is 0.419 e. The number of hydrogen-bond acceptors (Lipinski definition) is 4. The second-order valence-corrected chi connectivity index (χ2v) is 7.15. The maximum Gasteiger partial charge on any atom is 0.419 e. The van der Waals surface area contributed by atoms with Gasteiger partial charge in [0.1, 0.15) is 5.82 Å². The van der Waals surface area contributed by atoms with Gasteiger partial charge in [0.05, 0.1) is 17.2 Å². The minimum absolute atomic E-state index is 0.122. The van der Waals surface area contributed by atoms with Crippen molar-refractivity contribution >= 4 is 17.4 Å². The number of nitrogens with zero attached hydrogens (tertiary/aromatic N) is 4. The number of rotatable bonds is 4. The molecule has 1 N–H and O–H groups in total. The van der Waals surface area contributed by atoms with Gasteiger partial charge in [-0.05, 0) is 49.2 Å². The van der Waals surface area contributed by atoms with Crippen LogP contribution in [0.4, 0.5) is 24.7 Å². The minimum Gasteiger partial charge on any atom is -0.355 e. The molecule has 1 atom stereocenters. The topological polar surface area (TPSA) is 63.1 Å². The van der Waals surface area contributed by atoms with Gasteiger partial charge in [-0.1, -0.05) is 6.07 Å². The second-order valence-electron chi connectivity index (χ2n) is 7.15. The Kier molecular flexibility index (Phi) is 5.43.